The highest BCUT2D eigenvalue weighted by atomic mass is 127. The third-order valence-electron chi connectivity index (χ3n) is 3.32. The first kappa shape index (κ1) is 17.5. The second-order valence-electron chi connectivity index (χ2n) is 4.79. The molecule has 6 heteroatoms. The van der Waals surface area contributed by atoms with Crippen LogP contribution in [0.4, 0.5) is 5.69 Å². The van der Waals surface area contributed by atoms with Crippen molar-refractivity contribution in [2.24, 2.45) is 10.7 Å². The van der Waals surface area contributed by atoms with Crippen LogP contribution in [0.25, 0.3) is 0 Å². The predicted octanol–water partition coefficient (Wildman–Crippen LogP) is 3.13. The van der Waals surface area contributed by atoms with Crippen LogP contribution in [0.5, 0.6) is 0 Å². The molecule has 0 bridgehead atoms. The van der Waals surface area contributed by atoms with Crippen LogP contribution in [0, 0.1) is 13.8 Å². The second kappa shape index (κ2) is 8.02. The van der Waals surface area contributed by atoms with Gasteiger partial charge in [-0.2, -0.15) is 5.10 Å². The number of guanidine groups is 1. The minimum atomic E-state index is 0. The van der Waals surface area contributed by atoms with Crippen LogP contribution in [-0.4, -0.2) is 16.2 Å². The molecule has 0 aliphatic rings. The van der Waals surface area contributed by atoms with Gasteiger partial charge in [0.2, 0.25) is 0 Å². The Labute approximate surface area is 142 Å². The summed E-state index contributed by atoms with van der Waals surface area (Å²) >= 11 is 0. The second-order valence-corrected chi connectivity index (χ2v) is 4.79. The van der Waals surface area contributed by atoms with Gasteiger partial charge in [-0.15, -0.1) is 24.0 Å². The fraction of sp³-hybridized carbons (Fsp3) is 0.333. The largest absolute Gasteiger partial charge is 0.370 e. The lowest BCUT2D eigenvalue weighted by atomic mass is 10.1. The molecule has 1 aromatic carbocycles. The Morgan fingerprint density at radius 3 is 2.48 bits per heavy atom. The zero-order chi connectivity index (χ0) is 14.5. The van der Waals surface area contributed by atoms with Gasteiger partial charge in [0.05, 0.1) is 12.2 Å². The van der Waals surface area contributed by atoms with E-state index >= 15 is 0 Å². The van der Waals surface area contributed by atoms with Crippen molar-refractivity contribution in [1.29, 1.82) is 0 Å². The third-order valence-corrected chi connectivity index (χ3v) is 3.32. The standard InChI is InChI=1S/C15H21N5.HI/c1-4-12-5-7-13(8-6-12)18-15(16)17-9-14-10(2)19-20-11(14)3;/h5-8H,4,9H2,1-3H3,(H,19,20)(H3,16,17,18);1H. The molecule has 0 unspecified atom stereocenters. The fourth-order valence-electron chi connectivity index (χ4n) is 1.98. The van der Waals surface area contributed by atoms with E-state index in [1.165, 1.54) is 5.56 Å². The maximum atomic E-state index is 5.90. The van der Waals surface area contributed by atoms with Crippen LogP contribution in [0.1, 0.15) is 29.4 Å². The summed E-state index contributed by atoms with van der Waals surface area (Å²) in [6.07, 6.45) is 1.03. The Morgan fingerprint density at radius 1 is 1.29 bits per heavy atom. The van der Waals surface area contributed by atoms with Gasteiger partial charge in [-0.05, 0) is 38.0 Å². The number of aromatic amines is 1. The van der Waals surface area contributed by atoms with Crippen LogP contribution >= 0.6 is 24.0 Å². The highest BCUT2D eigenvalue weighted by Crippen LogP contribution is 2.12. The average Bonchev–Trinajstić information content (AvgIpc) is 2.77. The van der Waals surface area contributed by atoms with Crippen molar-refractivity contribution >= 4 is 35.6 Å². The SMILES string of the molecule is CCc1ccc(NC(N)=NCc2c(C)n[nH]c2C)cc1.I. The smallest absolute Gasteiger partial charge is 0.193 e. The number of aliphatic imine (C=N–C) groups is 1. The molecule has 0 radical (unpaired) electrons. The molecule has 2 aromatic rings. The number of nitrogens with two attached hydrogens (primary N) is 1. The molecule has 0 atom stereocenters. The van der Waals surface area contributed by atoms with Crippen LogP contribution in [0.3, 0.4) is 0 Å². The van der Waals surface area contributed by atoms with Gasteiger partial charge in [-0.25, -0.2) is 4.99 Å². The quantitative estimate of drug-likeness (QED) is 0.420. The number of halogens is 1. The maximum Gasteiger partial charge on any atom is 0.193 e. The van der Waals surface area contributed by atoms with E-state index in [1.807, 2.05) is 26.0 Å². The molecule has 5 nitrogen and oxygen atoms in total. The topological polar surface area (TPSA) is 79.1 Å². The Morgan fingerprint density at radius 2 is 1.95 bits per heavy atom. The normalized spacial score (nSPS) is 11.1. The van der Waals surface area contributed by atoms with Crippen LogP contribution in [0.15, 0.2) is 29.3 Å². The summed E-state index contributed by atoms with van der Waals surface area (Å²) in [5.74, 6) is 0.411. The zero-order valence-corrected chi connectivity index (χ0v) is 14.9. The van der Waals surface area contributed by atoms with Gasteiger partial charge in [0.15, 0.2) is 5.96 Å². The molecule has 0 aliphatic carbocycles. The van der Waals surface area contributed by atoms with E-state index in [2.05, 4.69) is 39.6 Å². The summed E-state index contributed by atoms with van der Waals surface area (Å²) in [7, 11) is 0. The number of hydrogen-bond acceptors (Lipinski definition) is 2. The molecular formula is C15H22IN5. The molecular weight excluding hydrogens is 377 g/mol. The first-order valence-corrected chi connectivity index (χ1v) is 6.76. The first-order chi connectivity index (χ1) is 9.60. The Balaban J connectivity index is 0.00000220. The lowest BCUT2D eigenvalue weighted by Gasteiger charge is -2.06. The summed E-state index contributed by atoms with van der Waals surface area (Å²) in [5.41, 5.74) is 11.2. The minimum Gasteiger partial charge on any atom is -0.370 e. The summed E-state index contributed by atoms with van der Waals surface area (Å²) in [4.78, 5) is 4.35. The van der Waals surface area contributed by atoms with Gasteiger partial charge in [0.1, 0.15) is 0 Å². The maximum absolute atomic E-state index is 5.90. The number of hydrogen-bond donors (Lipinski definition) is 3. The lowest BCUT2D eigenvalue weighted by molar-refractivity contribution is 1.02. The highest BCUT2D eigenvalue weighted by Gasteiger charge is 2.05. The molecule has 0 aliphatic heterocycles. The number of benzene rings is 1. The van der Waals surface area contributed by atoms with Gasteiger partial charge in [-0.1, -0.05) is 19.1 Å². The zero-order valence-electron chi connectivity index (χ0n) is 12.6. The van der Waals surface area contributed by atoms with Crippen LogP contribution in [0.2, 0.25) is 0 Å². The van der Waals surface area contributed by atoms with Crippen LogP contribution in [-0.2, 0) is 13.0 Å². The van der Waals surface area contributed by atoms with E-state index in [1.54, 1.807) is 0 Å². The number of aromatic nitrogens is 2. The molecule has 0 saturated heterocycles. The molecule has 0 fully saturated rings. The Hall–Kier alpha value is -1.57. The third kappa shape index (κ3) is 4.73. The minimum absolute atomic E-state index is 0. The number of nitrogens with one attached hydrogen (secondary N) is 2. The molecule has 0 spiro atoms. The summed E-state index contributed by atoms with van der Waals surface area (Å²) in [5, 5.41) is 10.2. The van der Waals surface area contributed by atoms with E-state index < -0.39 is 0 Å². The molecule has 0 saturated carbocycles. The van der Waals surface area contributed by atoms with Crippen molar-refractivity contribution in [3.8, 4) is 0 Å². The Bertz CT molecular complexity index is 582. The van der Waals surface area contributed by atoms with Crippen LogP contribution < -0.4 is 11.1 Å². The fourth-order valence-corrected chi connectivity index (χ4v) is 1.98. The van der Waals surface area contributed by atoms with E-state index in [0.29, 0.717) is 12.5 Å². The number of anilines is 1. The molecule has 0 amide bonds. The average molecular weight is 399 g/mol. The van der Waals surface area contributed by atoms with E-state index in [9.17, 15) is 0 Å². The van der Waals surface area contributed by atoms with Crippen molar-refractivity contribution in [3.63, 3.8) is 0 Å². The summed E-state index contributed by atoms with van der Waals surface area (Å²) < 4.78 is 0. The van der Waals surface area contributed by atoms with Crippen molar-refractivity contribution in [1.82, 2.24) is 10.2 Å². The van der Waals surface area contributed by atoms with Crippen molar-refractivity contribution < 1.29 is 0 Å². The molecule has 114 valence electrons. The number of rotatable bonds is 4. The van der Waals surface area contributed by atoms with Gasteiger partial charge in [0.25, 0.3) is 0 Å². The van der Waals surface area contributed by atoms with E-state index in [0.717, 1.165) is 29.1 Å². The Kier molecular flexibility index (Phi) is 6.67. The van der Waals surface area contributed by atoms with Gasteiger partial charge < -0.3 is 11.1 Å². The molecule has 4 N–H and O–H groups in total. The van der Waals surface area contributed by atoms with E-state index in [4.69, 9.17) is 5.73 Å². The molecule has 1 heterocycles. The van der Waals surface area contributed by atoms with Gasteiger partial charge in [0, 0.05) is 16.9 Å². The first-order valence-electron chi connectivity index (χ1n) is 6.76. The summed E-state index contributed by atoms with van der Waals surface area (Å²) in [6, 6.07) is 8.19. The van der Waals surface area contributed by atoms with Crippen molar-refractivity contribution in [2.75, 3.05) is 5.32 Å². The van der Waals surface area contributed by atoms with Crippen molar-refractivity contribution in [3.05, 3.63) is 46.8 Å². The number of nitrogens with zero attached hydrogens (tertiary/aromatic N) is 2. The highest BCUT2D eigenvalue weighted by molar-refractivity contribution is 14.0. The van der Waals surface area contributed by atoms with Crippen molar-refractivity contribution in [2.45, 2.75) is 33.7 Å². The molecule has 1 aromatic heterocycles. The monoisotopic (exact) mass is 399 g/mol. The van der Waals surface area contributed by atoms with E-state index in [-0.39, 0.29) is 24.0 Å². The predicted molar refractivity (Wildman–Crippen MR) is 98.2 cm³/mol. The van der Waals surface area contributed by atoms with Gasteiger partial charge in [-0.3, -0.25) is 5.10 Å². The number of aryl methyl sites for hydroxylation is 3. The lowest BCUT2D eigenvalue weighted by Crippen LogP contribution is -2.22. The summed E-state index contributed by atoms with van der Waals surface area (Å²) in [6.45, 7) is 6.60. The number of H-pyrrole nitrogens is 1. The van der Waals surface area contributed by atoms with Gasteiger partial charge >= 0.3 is 0 Å². The molecule has 2 rings (SSSR count). The molecule has 21 heavy (non-hydrogen) atoms.